The van der Waals surface area contributed by atoms with Gasteiger partial charge in [0.05, 0.1) is 11.5 Å². The summed E-state index contributed by atoms with van der Waals surface area (Å²) < 4.78 is 26.3. The van der Waals surface area contributed by atoms with Crippen LogP contribution in [0.5, 0.6) is 0 Å². The van der Waals surface area contributed by atoms with Crippen molar-refractivity contribution in [3.63, 3.8) is 0 Å². The quantitative estimate of drug-likeness (QED) is 0.733. The molecule has 0 unspecified atom stereocenters. The number of benzene rings is 1. The monoisotopic (exact) mass is 285 g/mol. The summed E-state index contributed by atoms with van der Waals surface area (Å²) >= 11 is 0. The number of sulfonamides is 1. The maximum Gasteiger partial charge on any atom is 0.243 e. The van der Waals surface area contributed by atoms with Crippen molar-refractivity contribution in [2.45, 2.75) is 4.90 Å². The Morgan fingerprint density at radius 1 is 1.21 bits per heavy atom. The molecule has 1 aliphatic heterocycles. The van der Waals surface area contributed by atoms with E-state index in [-0.39, 0.29) is 11.5 Å². The van der Waals surface area contributed by atoms with E-state index in [1.165, 1.54) is 10.4 Å². The number of aliphatic hydroxyl groups excluding tert-OH is 1. The second-order valence-electron chi connectivity index (χ2n) is 4.54. The highest BCUT2D eigenvalue weighted by Gasteiger charge is 2.28. The molecule has 3 N–H and O–H groups in total. The standard InChI is InChI=1S/C12H19N3O3S/c13-11-2-1-3-12(10-11)19(17,18)15-6-4-14(5-7-15)8-9-16/h1-3,10,16H,4-9,13H2. The molecule has 0 aromatic heterocycles. The van der Waals surface area contributed by atoms with Crippen molar-refractivity contribution in [3.05, 3.63) is 24.3 Å². The summed E-state index contributed by atoms with van der Waals surface area (Å²) in [5.74, 6) is 0. The minimum Gasteiger partial charge on any atom is -0.399 e. The minimum atomic E-state index is -3.46. The summed E-state index contributed by atoms with van der Waals surface area (Å²) in [5, 5.41) is 8.87. The number of nitrogens with zero attached hydrogens (tertiary/aromatic N) is 2. The molecule has 7 heteroatoms. The van der Waals surface area contributed by atoms with Crippen LogP contribution in [-0.2, 0) is 10.0 Å². The zero-order chi connectivity index (χ0) is 13.9. The smallest absolute Gasteiger partial charge is 0.243 e. The molecule has 106 valence electrons. The van der Waals surface area contributed by atoms with Crippen molar-refractivity contribution >= 4 is 15.7 Å². The molecule has 2 rings (SSSR count). The van der Waals surface area contributed by atoms with E-state index in [0.717, 1.165) is 0 Å². The van der Waals surface area contributed by atoms with Crippen LogP contribution in [0.25, 0.3) is 0 Å². The molecule has 1 heterocycles. The molecule has 0 radical (unpaired) electrons. The molecule has 0 saturated carbocycles. The van der Waals surface area contributed by atoms with E-state index in [1.54, 1.807) is 18.2 Å². The Balaban J connectivity index is 2.10. The van der Waals surface area contributed by atoms with Gasteiger partial charge in [-0.25, -0.2) is 8.42 Å². The normalized spacial score (nSPS) is 18.6. The molecule has 19 heavy (non-hydrogen) atoms. The fourth-order valence-corrected chi connectivity index (χ4v) is 3.64. The lowest BCUT2D eigenvalue weighted by Crippen LogP contribution is -2.49. The fraction of sp³-hybridized carbons (Fsp3) is 0.500. The molecule has 1 saturated heterocycles. The van der Waals surface area contributed by atoms with Gasteiger partial charge >= 0.3 is 0 Å². The SMILES string of the molecule is Nc1cccc(S(=O)(=O)N2CCN(CCO)CC2)c1. The molecular formula is C12H19N3O3S. The molecule has 0 spiro atoms. The number of hydrogen-bond acceptors (Lipinski definition) is 5. The van der Waals surface area contributed by atoms with Crippen molar-refractivity contribution in [2.75, 3.05) is 45.1 Å². The molecule has 0 aliphatic carbocycles. The molecule has 1 aromatic carbocycles. The average Bonchev–Trinajstić information content (AvgIpc) is 2.40. The summed E-state index contributed by atoms with van der Waals surface area (Å²) in [6, 6.07) is 6.35. The first kappa shape index (κ1) is 14.3. The first-order chi connectivity index (χ1) is 9.04. The van der Waals surface area contributed by atoms with E-state index in [9.17, 15) is 8.42 Å². The van der Waals surface area contributed by atoms with Crippen molar-refractivity contribution in [3.8, 4) is 0 Å². The first-order valence-electron chi connectivity index (χ1n) is 6.23. The van der Waals surface area contributed by atoms with E-state index >= 15 is 0 Å². The van der Waals surface area contributed by atoms with Crippen molar-refractivity contribution in [1.29, 1.82) is 0 Å². The van der Waals surface area contributed by atoms with E-state index < -0.39 is 10.0 Å². The van der Waals surface area contributed by atoms with Gasteiger partial charge in [0.25, 0.3) is 0 Å². The fourth-order valence-electron chi connectivity index (χ4n) is 2.16. The van der Waals surface area contributed by atoms with Gasteiger partial charge in [-0.15, -0.1) is 0 Å². The van der Waals surface area contributed by atoms with Crippen LogP contribution in [0.15, 0.2) is 29.2 Å². The lowest BCUT2D eigenvalue weighted by Gasteiger charge is -2.33. The second kappa shape index (κ2) is 5.87. The minimum absolute atomic E-state index is 0.0992. The van der Waals surface area contributed by atoms with Crippen LogP contribution in [0, 0.1) is 0 Å². The third-order valence-corrected chi connectivity index (χ3v) is 5.14. The summed E-state index contributed by atoms with van der Waals surface area (Å²) in [5.41, 5.74) is 6.07. The van der Waals surface area contributed by atoms with Gasteiger partial charge < -0.3 is 10.8 Å². The topological polar surface area (TPSA) is 86.9 Å². The van der Waals surface area contributed by atoms with Crippen LogP contribution in [0.1, 0.15) is 0 Å². The number of nitrogens with two attached hydrogens (primary N) is 1. The Hall–Kier alpha value is -1.15. The highest BCUT2D eigenvalue weighted by molar-refractivity contribution is 7.89. The summed E-state index contributed by atoms with van der Waals surface area (Å²) in [4.78, 5) is 2.29. The number of rotatable bonds is 4. The Bertz CT molecular complexity index is 525. The van der Waals surface area contributed by atoms with Crippen LogP contribution < -0.4 is 5.73 Å². The number of nitrogen functional groups attached to an aromatic ring is 1. The Labute approximate surface area is 113 Å². The summed E-state index contributed by atoms with van der Waals surface area (Å²) in [6.45, 7) is 2.85. The van der Waals surface area contributed by atoms with Crippen LogP contribution in [0.2, 0.25) is 0 Å². The van der Waals surface area contributed by atoms with Gasteiger partial charge in [-0.3, -0.25) is 4.90 Å². The van der Waals surface area contributed by atoms with Gasteiger partial charge in [-0.2, -0.15) is 4.31 Å². The number of anilines is 1. The Kier molecular flexibility index (Phi) is 4.41. The largest absolute Gasteiger partial charge is 0.399 e. The molecule has 1 aromatic rings. The summed E-state index contributed by atoms with van der Waals surface area (Å²) in [6.07, 6.45) is 0. The molecule has 0 amide bonds. The maximum absolute atomic E-state index is 12.4. The zero-order valence-electron chi connectivity index (χ0n) is 10.7. The second-order valence-corrected chi connectivity index (χ2v) is 6.48. The zero-order valence-corrected chi connectivity index (χ0v) is 11.5. The van der Waals surface area contributed by atoms with Crippen LogP contribution in [-0.4, -0.2) is 62.1 Å². The predicted octanol–water partition coefficient (Wildman–Crippen LogP) is -0.433. The average molecular weight is 285 g/mol. The van der Waals surface area contributed by atoms with Gasteiger partial charge in [0.2, 0.25) is 10.0 Å². The third kappa shape index (κ3) is 3.24. The Morgan fingerprint density at radius 2 is 1.89 bits per heavy atom. The summed E-state index contributed by atoms with van der Waals surface area (Å²) in [7, 11) is -3.46. The molecule has 0 bridgehead atoms. The Morgan fingerprint density at radius 3 is 2.47 bits per heavy atom. The van der Waals surface area contributed by atoms with Crippen LogP contribution >= 0.6 is 0 Å². The van der Waals surface area contributed by atoms with Gasteiger partial charge in [0, 0.05) is 38.4 Å². The predicted molar refractivity (Wildman–Crippen MR) is 73.1 cm³/mol. The number of aliphatic hydroxyl groups is 1. The van der Waals surface area contributed by atoms with Gasteiger partial charge in [0.1, 0.15) is 0 Å². The maximum atomic E-state index is 12.4. The van der Waals surface area contributed by atoms with Gasteiger partial charge in [-0.1, -0.05) is 6.07 Å². The molecule has 1 aliphatic rings. The van der Waals surface area contributed by atoms with Crippen molar-refractivity contribution in [2.24, 2.45) is 0 Å². The lowest BCUT2D eigenvalue weighted by atomic mass is 10.3. The number of piperazine rings is 1. The molecule has 6 nitrogen and oxygen atoms in total. The van der Waals surface area contributed by atoms with Crippen molar-refractivity contribution < 1.29 is 13.5 Å². The van der Waals surface area contributed by atoms with Gasteiger partial charge in [0.15, 0.2) is 0 Å². The number of hydrogen-bond donors (Lipinski definition) is 2. The highest BCUT2D eigenvalue weighted by atomic mass is 32.2. The van der Waals surface area contributed by atoms with Crippen LogP contribution in [0.4, 0.5) is 5.69 Å². The molecule has 0 atom stereocenters. The lowest BCUT2D eigenvalue weighted by molar-refractivity contribution is 0.151. The number of β-amino-alcohol motifs (C(OH)–C–C–N with tert-alkyl or cyclic N) is 1. The third-order valence-electron chi connectivity index (χ3n) is 3.24. The highest BCUT2D eigenvalue weighted by Crippen LogP contribution is 2.19. The van der Waals surface area contributed by atoms with E-state index in [4.69, 9.17) is 10.8 Å². The van der Waals surface area contributed by atoms with Crippen molar-refractivity contribution in [1.82, 2.24) is 9.21 Å². The first-order valence-corrected chi connectivity index (χ1v) is 7.67. The van der Waals surface area contributed by atoms with E-state index in [2.05, 4.69) is 0 Å². The molecule has 1 fully saturated rings. The molecular weight excluding hydrogens is 266 g/mol. The van der Waals surface area contributed by atoms with Crippen LogP contribution in [0.3, 0.4) is 0 Å². The van der Waals surface area contributed by atoms with E-state index in [0.29, 0.717) is 38.4 Å². The van der Waals surface area contributed by atoms with E-state index in [1.807, 2.05) is 4.90 Å². The van der Waals surface area contributed by atoms with Gasteiger partial charge in [-0.05, 0) is 18.2 Å².